The van der Waals surface area contributed by atoms with Crippen molar-refractivity contribution in [1.29, 1.82) is 0 Å². The van der Waals surface area contributed by atoms with E-state index >= 15 is 0 Å². The van der Waals surface area contributed by atoms with E-state index in [1.165, 1.54) is 6.21 Å². The van der Waals surface area contributed by atoms with Crippen molar-refractivity contribution in [1.82, 2.24) is 5.43 Å². The van der Waals surface area contributed by atoms with Crippen LogP contribution in [0.2, 0.25) is 0 Å². The van der Waals surface area contributed by atoms with Crippen LogP contribution in [0.1, 0.15) is 16.7 Å². The third kappa shape index (κ3) is 5.85. The molecule has 3 aromatic rings. The summed E-state index contributed by atoms with van der Waals surface area (Å²) in [6, 6.07) is 22.9. The number of hydrogen-bond donors (Lipinski definition) is 1. The van der Waals surface area contributed by atoms with Crippen LogP contribution in [0.25, 0.3) is 0 Å². The molecule has 3 rings (SSSR count). The lowest BCUT2D eigenvalue weighted by Gasteiger charge is -2.15. The first kappa shape index (κ1) is 20.9. The lowest BCUT2D eigenvalue weighted by Crippen LogP contribution is -2.19. The van der Waals surface area contributed by atoms with Crippen molar-refractivity contribution in [3.8, 4) is 17.2 Å². The average molecular weight is 404 g/mol. The topological polar surface area (TPSA) is 69.2 Å². The normalized spacial score (nSPS) is 10.6. The van der Waals surface area contributed by atoms with Crippen LogP contribution in [-0.4, -0.2) is 26.3 Å². The standard InChI is InChI=1S/C24H24N2O4/c1-28-21-13-20(16-25-26-23(27)15-18-9-5-3-6-10-18)14-22(29-2)24(21)30-17-19-11-7-4-8-12-19/h3-14,16H,15,17H2,1-2H3,(H,26,27)/b25-16-. The molecule has 0 fully saturated rings. The Balaban J connectivity index is 1.67. The fourth-order valence-electron chi connectivity index (χ4n) is 2.85. The fraction of sp³-hybridized carbons (Fsp3) is 0.167. The monoisotopic (exact) mass is 404 g/mol. The molecule has 0 spiro atoms. The van der Waals surface area contributed by atoms with Gasteiger partial charge in [0, 0.05) is 5.56 Å². The number of nitrogens with one attached hydrogen (secondary N) is 1. The van der Waals surface area contributed by atoms with Crippen LogP contribution in [0.15, 0.2) is 77.9 Å². The first-order valence-corrected chi connectivity index (χ1v) is 9.48. The summed E-state index contributed by atoms with van der Waals surface area (Å²) in [5, 5.41) is 4.04. The van der Waals surface area contributed by atoms with Gasteiger partial charge in [-0.1, -0.05) is 60.7 Å². The lowest BCUT2D eigenvalue weighted by molar-refractivity contribution is -0.120. The summed E-state index contributed by atoms with van der Waals surface area (Å²) in [6.07, 6.45) is 1.80. The molecule has 6 heteroatoms. The summed E-state index contributed by atoms with van der Waals surface area (Å²) in [5.41, 5.74) is 5.20. The molecule has 0 saturated carbocycles. The maximum Gasteiger partial charge on any atom is 0.244 e. The first-order chi connectivity index (χ1) is 14.7. The third-order valence-corrected chi connectivity index (χ3v) is 4.32. The number of hydrogen-bond acceptors (Lipinski definition) is 5. The Bertz CT molecular complexity index is 964. The number of amides is 1. The van der Waals surface area contributed by atoms with Gasteiger partial charge in [-0.2, -0.15) is 5.10 Å². The number of hydrazone groups is 1. The van der Waals surface area contributed by atoms with E-state index in [9.17, 15) is 4.79 Å². The van der Waals surface area contributed by atoms with Gasteiger partial charge >= 0.3 is 0 Å². The van der Waals surface area contributed by atoms with Crippen LogP contribution >= 0.6 is 0 Å². The van der Waals surface area contributed by atoms with E-state index in [1.807, 2.05) is 60.7 Å². The van der Waals surface area contributed by atoms with Crippen LogP contribution in [0.3, 0.4) is 0 Å². The van der Waals surface area contributed by atoms with Crippen LogP contribution < -0.4 is 19.6 Å². The zero-order valence-electron chi connectivity index (χ0n) is 17.0. The van der Waals surface area contributed by atoms with E-state index in [-0.39, 0.29) is 12.3 Å². The summed E-state index contributed by atoms with van der Waals surface area (Å²) in [7, 11) is 3.12. The van der Waals surface area contributed by atoms with E-state index in [0.29, 0.717) is 29.4 Å². The van der Waals surface area contributed by atoms with Crippen molar-refractivity contribution in [2.75, 3.05) is 14.2 Å². The molecule has 0 atom stereocenters. The molecule has 0 unspecified atom stereocenters. The van der Waals surface area contributed by atoms with Gasteiger partial charge in [0.2, 0.25) is 11.7 Å². The molecule has 1 amide bonds. The van der Waals surface area contributed by atoms with Crippen LogP contribution in [-0.2, 0) is 17.8 Å². The molecule has 154 valence electrons. The third-order valence-electron chi connectivity index (χ3n) is 4.32. The molecule has 0 aliphatic rings. The van der Waals surface area contributed by atoms with Crippen LogP contribution in [0.4, 0.5) is 0 Å². The van der Waals surface area contributed by atoms with E-state index in [0.717, 1.165) is 11.1 Å². The molecule has 0 saturated heterocycles. The van der Waals surface area contributed by atoms with Gasteiger partial charge in [0.05, 0.1) is 26.9 Å². The summed E-state index contributed by atoms with van der Waals surface area (Å²) < 4.78 is 16.9. The summed E-state index contributed by atoms with van der Waals surface area (Å²) in [6.45, 7) is 0.385. The number of nitrogens with zero attached hydrogens (tertiary/aromatic N) is 1. The molecule has 0 aliphatic carbocycles. The van der Waals surface area contributed by atoms with Gasteiger partial charge in [-0.15, -0.1) is 0 Å². The average Bonchev–Trinajstić information content (AvgIpc) is 2.78. The van der Waals surface area contributed by atoms with E-state index in [1.54, 1.807) is 26.4 Å². The number of rotatable bonds is 9. The highest BCUT2D eigenvalue weighted by Gasteiger charge is 2.14. The summed E-state index contributed by atoms with van der Waals surface area (Å²) in [5.74, 6) is 1.35. The van der Waals surface area contributed by atoms with Crippen molar-refractivity contribution >= 4 is 12.1 Å². The Kier molecular flexibility index (Phi) is 7.44. The molecule has 0 aliphatic heterocycles. The zero-order valence-corrected chi connectivity index (χ0v) is 17.0. The molecule has 0 bridgehead atoms. The minimum absolute atomic E-state index is 0.195. The Hall–Kier alpha value is -3.80. The van der Waals surface area contributed by atoms with E-state index in [4.69, 9.17) is 14.2 Å². The Morgan fingerprint density at radius 3 is 2.03 bits per heavy atom. The molecular weight excluding hydrogens is 380 g/mol. The van der Waals surface area contributed by atoms with Crippen molar-refractivity contribution in [2.24, 2.45) is 5.10 Å². The van der Waals surface area contributed by atoms with Gasteiger partial charge in [0.25, 0.3) is 0 Å². The van der Waals surface area contributed by atoms with Gasteiger partial charge in [0.1, 0.15) is 6.61 Å². The number of ether oxygens (including phenoxy) is 3. The van der Waals surface area contributed by atoms with E-state index in [2.05, 4.69) is 10.5 Å². The van der Waals surface area contributed by atoms with Crippen LogP contribution in [0.5, 0.6) is 17.2 Å². The number of methoxy groups -OCH3 is 2. The lowest BCUT2D eigenvalue weighted by atomic mass is 10.1. The highest BCUT2D eigenvalue weighted by molar-refractivity contribution is 5.85. The second-order valence-electron chi connectivity index (χ2n) is 6.48. The summed E-state index contributed by atoms with van der Waals surface area (Å²) >= 11 is 0. The highest BCUT2D eigenvalue weighted by Crippen LogP contribution is 2.38. The predicted octanol–water partition coefficient (Wildman–Crippen LogP) is 3.98. The molecular formula is C24H24N2O4. The second-order valence-corrected chi connectivity index (χ2v) is 6.48. The second kappa shape index (κ2) is 10.7. The Morgan fingerprint density at radius 2 is 1.47 bits per heavy atom. The van der Waals surface area contributed by atoms with Gasteiger partial charge in [-0.3, -0.25) is 4.79 Å². The number of carbonyl (C=O) groups excluding carboxylic acids is 1. The van der Waals surface area contributed by atoms with Crippen molar-refractivity contribution in [3.05, 3.63) is 89.5 Å². The number of benzene rings is 3. The minimum atomic E-state index is -0.195. The predicted molar refractivity (Wildman–Crippen MR) is 116 cm³/mol. The Morgan fingerprint density at radius 1 is 0.900 bits per heavy atom. The zero-order chi connectivity index (χ0) is 21.2. The minimum Gasteiger partial charge on any atom is -0.493 e. The van der Waals surface area contributed by atoms with Crippen molar-refractivity contribution in [2.45, 2.75) is 13.0 Å². The Labute approximate surface area is 176 Å². The first-order valence-electron chi connectivity index (χ1n) is 9.48. The largest absolute Gasteiger partial charge is 0.493 e. The van der Waals surface area contributed by atoms with Crippen molar-refractivity contribution in [3.63, 3.8) is 0 Å². The molecule has 6 nitrogen and oxygen atoms in total. The molecule has 30 heavy (non-hydrogen) atoms. The molecule has 0 heterocycles. The van der Waals surface area contributed by atoms with E-state index < -0.39 is 0 Å². The van der Waals surface area contributed by atoms with Gasteiger partial charge < -0.3 is 14.2 Å². The maximum atomic E-state index is 12.0. The number of carbonyl (C=O) groups is 1. The SMILES string of the molecule is COc1cc(/C=N\NC(=O)Cc2ccccc2)cc(OC)c1OCc1ccccc1. The van der Waals surface area contributed by atoms with Crippen LogP contribution in [0, 0.1) is 0 Å². The summed E-state index contributed by atoms with van der Waals surface area (Å²) in [4.78, 5) is 12.0. The van der Waals surface area contributed by atoms with Crippen molar-refractivity contribution < 1.29 is 19.0 Å². The van der Waals surface area contributed by atoms with Gasteiger partial charge in [-0.05, 0) is 23.3 Å². The highest BCUT2D eigenvalue weighted by atomic mass is 16.5. The molecule has 1 N–H and O–H groups in total. The molecule has 0 radical (unpaired) electrons. The quantitative estimate of drug-likeness (QED) is 0.433. The van der Waals surface area contributed by atoms with Gasteiger partial charge in [0.15, 0.2) is 11.5 Å². The smallest absolute Gasteiger partial charge is 0.244 e. The maximum absolute atomic E-state index is 12.0. The molecule has 0 aromatic heterocycles. The van der Waals surface area contributed by atoms with Gasteiger partial charge in [-0.25, -0.2) is 5.43 Å². The molecule has 3 aromatic carbocycles. The fourth-order valence-corrected chi connectivity index (χ4v) is 2.85.